The molecule has 0 bridgehead atoms. The summed E-state index contributed by atoms with van der Waals surface area (Å²) in [6.45, 7) is 0. The number of rotatable bonds is 3. The maximum absolute atomic E-state index is 10.5. The van der Waals surface area contributed by atoms with Crippen LogP contribution in [-0.2, 0) is 4.79 Å². The number of azo groups is 1. The zero-order valence-electron chi connectivity index (χ0n) is 7.82. The molecule has 0 amide bonds. The van der Waals surface area contributed by atoms with Gasteiger partial charge in [-0.25, -0.2) is 0 Å². The minimum Gasteiger partial charge on any atom is -0.541 e. The summed E-state index contributed by atoms with van der Waals surface area (Å²) >= 11 is 0. The van der Waals surface area contributed by atoms with Gasteiger partial charge in [0.15, 0.2) is 5.97 Å². The van der Waals surface area contributed by atoms with E-state index in [9.17, 15) is 30.1 Å². The third-order valence-corrected chi connectivity index (χ3v) is 1.63. The van der Waals surface area contributed by atoms with Gasteiger partial charge in [0.1, 0.15) is 0 Å². The third-order valence-electron chi connectivity index (χ3n) is 1.63. The number of hydrogen-bond donors (Lipinski definition) is 1. The van der Waals surface area contributed by atoms with Crippen molar-refractivity contribution in [1.29, 1.82) is 0 Å². The van der Waals surface area contributed by atoms with E-state index in [2.05, 4.69) is 10.2 Å². The normalized spacial score (nSPS) is 22.8. The van der Waals surface area contributed by atoms with E-state index in [4.69, 9.17) is 5.73 Å². The fourth-order valence-corrected chi connectivity index (χ4v) is 0.878. The van der Waals surface area contributed by atoms with Crippen molar-refractivity contribution in [3.05, 3.63) is 31.7 Å². The first-order valence-electron chi connectivity index (χ1n) is 3.27. The molecule has 0 aliphatic carbocycles. The van der Waals surface area contributed by atoms with E-state index in [1.54, 1.807) is 0 Å². The van der Waals surface area contributed by atoms with Crippen LogP contribution in [0, 0.1) is 20.2 Å². The minimum absolute atomic E-state index is 0. The Hall–Kier alpha value is -1.59. The summed E-state index contributed by atoms with van der Waals surface area (Å²) in [7, 11) is 0. The van der Waals surface area contributed by atoms with Gasteiger partial charge in [0.2, 0.25) is 5.70 Å². The van der Waals surface area contributed by atoms with Crippen molar-refractivity contribution in [1.82, 2.24) is 0 Å². The van der Waals surface area contributed by atoms with E-state index in [-0.39, 0.29) is 29.6 Å². The molecule has 1 aliphatic rings. The molecule has 0 fully saturated rings. The second-order valence-corrected chi connectivity index (χ2v) is 2.41. The van der Waals surface area contributed by atoms with Crippen molar-refractivity contribution in [2.75, 3.05) is 0 Å². The molecular formula is C4H2N5NaO6. The standard InChI is InChI=1S/C4H3N5O6.Na/c5-1-2(8(12)13)6-7-4(1,3(10)11)9(14)15;/h5H2,(H,10,11);/q;+1/p-1. The molecule has 1 atom stereocenters. The Kier molecular flexibility index (Phi) is 4.06. The maximum Gasteiger partial charge on any atom is 1.00 e. The summed E-state index contributed by atoms with van der Waals surface area (Å²) in [5.41, 5.74) is 0.574. The van der Waals surface area contributed by atoms with E-state index in [0.29, 0.717) is 0 Å². The van der Waals surface area contributed by atoms with Crippen LogP contribution in [0.1, 0.15) is 0 Å². The molecule has 0 saturated heterocycles. The Labute approximate surface area is 109 Å². The van der Waals surface area contributed by atoms with E-state index < -0.39 is 33.0 Å². The van der Waals surface area contributed by atoms with Gasteiger partial charge in [0.25, 0.3) is 0 Å². The van der Waals surface area contributed by atoms with Crippen molar-refractivity contribution in [2.24, 2.45) is 16.0 Å². The largest absolute Gasteiger partial charge is 1.00 e. The predicted molar refractivity (Wildman–Crippen MR) is 37.8 cm³/mol. The molecular weight excluding hydrogens is 237 g/mol. The quantitative estimate of drug-likeness (QED) is 0.290. The number of carboxylic acids is 1. The van der Waals surface area contributed by atoms with Crippen LogP contribution in [0.5, 0.6) is 0 Å². The molecule has 11 nitrogen and oxygen atoms in total. The molecule has 16 heavy (non-hydrogen) atoms. The van der Waals surface area contributed by atoms with E-state index in [1.807, 2.05) is 0 Å². The van der Waals surface area contributed by atoms with Gasteiger partial charge in [0, 0.05) is 5.11 Å². The van der Waals surface area contributed by atoms with Crippen LogP contribution in [0.2, 0.25) is 0 Å². The molecule has 80 valence electrons. The zero-order valence-corrected chi connectivity index (χ0v) is 9.82. The average molecular weight is 239 g/mol. The van der Waals surface area contributed by atoms with Crippen LogP contribution in [0.3, 0.4) is 0 Å². The summed E-state index contributed by atoms with van der Waals surface area (Å²) in [4.78, 5) is 28.6. The summed E-state index contributed by atoms with van der Waals surface area (Å²) in [6.07, 6.45) is 0. The third kappa shape index (κ3) is 1.75. The summed E-state index contributed by atoms with van der Waals surface area (Å²) in [5, 5.41) is 36.6. The monoisotopic (exact) mass is 239 g/mol. The molecule has 0 aromatic carbocycles. The second kappa shape index (κ2) is 4.51. The first-order chi connectivity index (χ1) is 6.84. The maximum atomic E-state index is 10.5. The van der Waals surface area contributed by atoms with Gasteiger partial charge in [-0.2, -0.15) is 0 Å². The van der Waals surface area contributed by atoms with Crippen molar-refractivity contribution >= 4 is 5.97 Å². The van der Waals surface area contributed by atoms with Crippen molar-refractivity contribution in [3.8, 4) is 0 Å². The van der Waals surface area contributed by atoms with Crippen molar-refractivity contribution in [3.63, 3.8) is 0 Å². The van der Waals surface area contributed by atoms with Gasteiger partial charge in [-0.05, 0) is 4.92 Å². The molecule has 0 radical (unpaired) electrons. The van der Waals surface area contributed by atoms with E-state index in [0.717, 1.165) is 0 Å². The Morgan fingerprint density at radius 3 is 2.06 bits per heavy atom. The molecule has 12 heteroatoms. The number of nitro groups is 2. The van der Waals surface area contributed by atoms with E-state index >= 15 is 0 Å². The van der Waals surface area contributed by atoms with Gasteiger partial charge in [0.05, 0.1) is 10.0 Å². The molecule has 2 N–H and O–H groups in total. The predicted octanol–water partition coefficient (Wildman–Crippen LogP) is -5.42. The summed E-state index contributed by atoms with van der Waals surface area (Å²) < 4.78 is 0. The SMILES string of the molecule is NC1=C([N+](=O)[O-])N=NC1(C(=O)[O-])[N+](=O)[O-].[Na+]. The number of carbonyl (C=O) groups excluding carboxylic acids is 1. The van der Waals surface area contributed by atoms with Crippen LogP contribution in [-0.4, -0.2) is 21.5 Å². The van der Waals surface area contributed by atoms with Crippen LogP contribution in [0.15, 0.2) is 21.7 Å². The van der Waals surface area contributed by atoms with Gasteiger partial charge < -0.3 is 25.7 Å². The topological polar surface area (TPSA) is 177 Å². The molecule has 1 rings (SSSR count). The van der Waals surface area contributed by atoms with Crippen LogP contribution >= 0.6 is 0 Å². The molecule has 1 aliphatic heterocycles. The second-order valence-electron chi connectivity index (χ2n) is 2.41. The molecule has 1 unspecified atom stereocenters. The number of nitrogens with two attached hydrogens (primary N) is 1. The van der Waals surface area contributed by atoms with Gasteiger partial charge in [-0.1, -0.05) is 0 Å². The van der Waals surface area contributed by atoms with Crippen molar-refractivity contribution < 1.29 is 49.3 Å². The molecule has 0 saturated carbocycles. The molecule has 0 spiro atoms. The number of nitrogens with zero attached hydrogens (tertiary/aromatic N) is 4. The van der Waals surface area contributed by atoms with Gasteiger partial charge in [-0.3, -0.25) is 10.1 Å². The number of aliphatic carboxylic acids is 1. The van der Waals surface area contributed by atoms with Crippen LogP contribution in [0.4, 0.5) is 0 Å². The fraction of sp³-hybridized carbons (Fsp3) is 0.250. The Balaban J connectivity index is 0.00000225. The van der Waals surface area contributed by atoms with Crippen LogP contribution in [0.25, 0.3) is 0 Å². The number of carboxylic acid groups (broad SMARTS) is 1. The number of hydrogen-bond acceptors (Lipinski definition) is 9. The number of carbonyl (C=O) groups is 1. The van der Waals surface area contributed by atoms with E-state index in [1.165, 1.54) is 0 Å². The Bertz CT molecular complexity index is 415. The smallest absolute Gasteiger partial charge is 0.541 e. The van der Waals surface area contributed by atoms with Crippen LogP contribution < -0.4 is 40.4 Å². The van der Waals surface area contributed by atoms with Gasteiger partial charge >= 0.3 is 41.0 Å². The minimum atomic E-state index is -3.19. The van der Waals surface area contributed by atoms with Crippen molar-refractivity contribution in [2.45, 2.75) is 5.66 Å². The van der Waals surface area contributed by atoms with Gasteiger partial charge in [-0.15, -0.1) is 0 Å². The summed E-state index contributed by atoms with van der Waals surface area (Å²) in [6, 6.07) is 0. The fourth-order valence-electron chi connectivity index (χ4n) is 0.878. The Morgan fingerprint density at radius 1 is 1.38 bits per heavy atom. The molecule has 1 heterocycles. The average Bonchev–Trinajstić information content (AvgIpc) is 2.43. The molecule has 0 aromatic heterocycles. The zero-order chi connectivity index (χ0) is 11.8. The Morgan fingerprint density at radius 2 is 1.88 bits per heavy atom. The molecule has 0 aromatic rings. The first-order valence-corrected chi connectivity index (χ1v) is 3.27. The summed E-state index contributed by atoms with van der Waals surface area (Å²) in [5.74, 6) is -3.46. The first kappa shape index (κ1) is 14.4.